The molecule has 0 aliphatic heterocycles. The summed E-state index contributed by atoms with van der Waals surface area (Å²) in [5.41, 5.74) is 0.142. The fourth-order valence-corrected chi connectivity index (χ4v) is 1.09. The lowest BCUT2D eigenvalue weighted by Crippen LogP contribution is -2.29. The maximum Gasteiger partial charge on any atom is 0.220 e. The summed E-state index contributed by atoms with van der Waals surface area (Å²) in [6.07, 6.45) is 0.515. The number of amides is 1. The van der Waals surface area contributed by atoms with Gasteiger partial charge in [-0.3, -0.25) is 4.79 Å². The fraction of sp³-hybridized carbons (Fsp3) is 0.800. The van der Waals surface area contributed by atoms with E-state index in [1.54, 1.807) is 0 Å². The van der Waals surface area contributed by atoms with Gasteiger partial charge in [-0.15, -0.1) is 10.2 Å². The van der Waals surface area contributed by atoms with Gasteiger partial charge in [0, 0.05) is 6.42 Å². The third-order valence-electron chi connectivity index (χ3n) is 2.80. The maximum absolute atomic E-state index is 11.6. The molecule has 90 valence electrons. The van der Waals surface area contributed by atoms with E-state index >= 15 is 0 Å². The Morgan fingerprint density at radius 1 is 1.50 bits per heavy atom. The SMILES string of the molecule is CC(CC(=O)NCc1nn[nH]n1)C(C)(C)C. The fourth-order valence-electron chi connectivity index (χ4n) is 1.09. The molecule has 0 radical (unpaired) electrons. The summed E-state index contributed by atoms with van der Waals surface area (Å²) in [5.74, 6) is 0.849. The van der Waals surface area contributed by atoms with Crippen molar-refractivity contribution in [3.05, 3.63) is 5.82 Å². The molecule has 1 aromatic rings. The molecular formula is C10H19N5O. The van der Waals surface area contributed by atoms with Crippen LogP contribution in [0.4, 0.5) is 0 Å². The van der Waals surface area contributed by atoms with E-state index < -0.39 is 0 Å². The van der Waals surface area contributed by atoms with Gasteiger partial charge in [-0.05, 0) is 11.3 Å². The number of H-pyrrole nitrogens is 1. The minimum Gasteiger partial charge on any atom is -0.349 e. The van der Waals surface area contributed by atoms with E-state index in [0.717, 1.165) is 0 Å². The van der Waals surface area contributed by atoms with Crippen molar-refractivity contribution in [1.29, 1.82) is 0 Å². The van der Waals surface area contributed by atoms with Crippen molar-refractivity contribution in [2.45, 2.75) is 40.7 Å². The van der Waals surface area contributed by atoms with Crippen molar-refractivity contribution in [2.75, 3.05) is 0 Å². The molecule has 0 aromatic carbocycles. The molecule has 2 N–H and O–H groups in total. The number of hydrogen-bond acceptors (Lipinski definition) is 4. The number of rotatable bonds is 4. The average molecular weight is 225 g/mol. The summed E-state index contributed by atoms with van der Waals surface area (Å²) in [6, 6.07) is 0. The molecule has 0 saturated carbocycles. The van der Waals surface area contributed by atoms with Crippen LogP contribution in [0.3, 0.4) is 0 Å². The number of nitrogens with zero attached hydrogens (tertiary/aromatic N) is 3. The lowest BCUT2D eigenvalue weighted by Gasteiger charge is -2.26. The molecule has 0 fully saturated rings. The van der Waals surface area contributed by atoms with Crippen LogP contribution in [0.5, 0.6) is 0 Å². The van der Waals surface area contributed by atoms with Crippen molar-refractivity contribution < 1.29 is 4.79 Å². The first-order valence-electron chi connectivity index (χ1n) is 5.38. The largest absolute Gasteiger partial charge is 0.349 e. The standard InChI is InChI=1S/C10H19N5O/c1-7(10(2,3)4)5-9(16)11-6-8-12-14-15-13-8/h7H,5-6H2,1-4H3,(H,11,16)(H,12,13,14,15). The van der Waals surface area contributed by atoms with Crippen LogP contribution in [0.1, 0.15) is 39.9 Å². The van der Waals surface area contributed by atoms with Crippen molar-refractivity contribution >= 4 is 5.91 Å². The van der Waals surface area contributed by atoms with Gasteiger partial charge in [0.15, 0.2) is 5.82 Å². The molecular weight excluding hydrogens is 206 g/mol. The summed E-state index contributed by atoms with van der Waals surface area (Å²) in [5, 5.41) is 16.0. The molecule has 0 spiro atoms. The Bertz CT molecular complexity index is 327. The van der Waals surface area contributed by atoms with Crippen LogP contribution >= 0.6 is 0 Å². The number of carbonyl (C=O) groups excluding carboxylic acids is 1. The Morgan fingerprint density at radius 2 is 2.19 bits per heavy atom. The van der Waals surface area contributed by atoms with Crippen molar-refractivity contribution in [1.82, 2.24) is 25.9 Å². The number of aromatic amines is 1. The van der Waals surface area contributed by atoms with Crippen molar-refractivity contribution in [3.8, 4) is 0 Å². The molecule has 1 amide bonds. The highest BCUT2D eigenvalue weighted by Crippen LogP contribution is 2.27. The van der Waals surface area contributed by atoms with Gasteiger partial charge in [-0.2, -0.15) is 5.21 Å². The Labute approximate surface area is 95.2 Å². The van der Waals surface area contributed by atoms with Crippen LogP contribution < -0.4 is 5.32 Å². The molecule has 1 atom stereocenters. The third kappa shape index (κ3) is 3.96. The van der Waals surface area contributed by atoms with E-state index in [2.05, 4.69) is 53.6 Å². The molecule has 1 unspecified atom stereocenters. The van der Waals surface area contributed by atoms with E-state index in [4.69, 9.17) is 0 Å². The summed E-state index contributed by atoms with van der Waals surface area (Å²) < 4.78 is 0. The van der Waals surface area contributed by atoms with E-state index in [-0.39, 0.29) is 11.3 Å². The van der Waals surface area contributed by atoms with Crippen LogP contribution in [0.2, 0.25) is 0 Å². The van der Waals surface area contributed by atoms with Crippen LogP contribution in [-0.4, -0.2) is 26.5 Å². The van der Waals surface area contributed by atoms with E-state index in [1.807, 2.05) is 0 Å². The zero-order valence-corrected chi connectivity index (χ0v) is 10.2. The number of nitrogens with one attached hydrogen (secondary N) is 2. The summed E-state index contributed by atoms with van der Waals surface area (Å²) in [6.45, 7) is 8.79. The minimum absolute atomic E-state index is 0.0206. The van der Waals surface area contributed by atoms with Crippen molar-refractivity contribution in [2.24, 2.45) is 11.3 Å². The van der Waals surface area contributed by atoms with Gasteiger partial charge in [-0.25, -0.2) is 0 Å². The van der Waals surface area contributed by atoms with E-state index in [1.165, 1.54) is 0 Å². The lowest BCUT2D eigenvalue weighted by molar-refractivity contribution is -0.122. The van der Waals surface area contributed by atoms with Crippen molar-refractivity contribution in [3.63, 3.8) is 0 Å². The highest BCUT2D eigenvalue weighted by Gasteiger charge is 2.22. The topological polar surface area (TPSA) is 83.6 Å². The highest BCUT2D eigenvalue weighted by molar-refractivity contribution is 5.76. The van der Waals surface area contributed by atoms with Crippen LogP contribution in [0.15, 0.2) is 0 Å². The van der Waals surface area contributed by atoms with Gasteiger partial charge in [0.1, 0.15) is 0 Å². The van der Waals surface area contributed by atoms with E-state index in [9.17, 15) is 4.79 Å². The second kappa shape index (κ2) is 5.05. The highest BCUT2D eigenvalue weighted by atomic mass is 16.1. The monoisotopic (exact) mass is 225 g/mol. The van der Waals surface area contributed by atoms with Gasteiger partial charge in [0.2, 0.25) is 5.91 Å². The Kier molecular flexibility index (Phi) is 3.98. The normalized spacial score (nSPS) is 13.5. The van der Waals surface area contributed by atoms with E-state index in [0.29, 0.717) is 24.7 Å². The second-order valence-electron chi connectivity index (χ2n) is 5.08. The van der Waals surface area contributed by atoms with Gasteiger partial charge < -0.3 is 5.32 Å². The summed E-state index contributed by atoms with van der Waals surface area (Å²) in [7, 11) is 0. The average Bonchev–Trinajstić information content (AvgIpc) is 2.65. The number of aromatic nitrogens is 4. The van der Waals surface area contributed by atoms with Crippen LogP contribution in [0.25, 0.3) is 0 Å². The lowest BCUT2D eigenvalue weighted by atomic mass is 9.80. The molecule has 0 saturated heterocycles. The molecule has 1 heterocycles. The molecule has 1 aromatic heterocycles. The van der Waals surface area contributed by atoms with Crippen LogP contribution in [0, 0.1) is 11.3 Å². The zero-order valence-electron chi connectivity index (χ0n) is 10.2. The molecule has 16 heavy (non-hydrogen) atoms. The number of carbonyl (C=O) groups is 1. The zero-order chi connectivity index (χ0) is 12.2. The quantitative estimate of drug-likeness (QED) is 0.797. The third-order valence-corrected chi connectivity index (χ3v) is 2.80. The molecule has 6 heteroatoms. The minimum atomic E-state index is 0.0206. The first-order chi connectivity index (χ1) is 7.39. The Balaban J connectivity index is 2.31. The van der Waals surface area contributed by atoms with Gasteiger partial charge in [-0.1, -0.05) is 32.9 Å². The second-order valence-corrected chi connectivity index (χ2v) is 5.08. The Morgan fingerprint density at radius 3 is 2.69 bits per heavy atom. The summed E-state index contributed by atoms with van der Waals surface area (Å²) >= 11 is 0. The predicted octanol–water partition coefficient (Wildman–Crippen LogP) is 0.888. The first-order valence-corrected chi connectivity index (χ1v) is 5.38. The molecule has 1 rings (SSSR count). The predicted molar refractivity (Wildman–Crippen MR) is 59.3 cm³/mol. The molecule has 6 nitrogen and oxygen atoms in total. The molecule has 0 aliphatic rings. The smallest absolute Gasteiger partial charge is 0.220 e. The van der Waals surface area contributed by atoms with Gasteiger partial charge in [0.05, 0.1) is 6.54 Å². The summed E-state index contributed by atoms with van der Waals surface area (Å²) in [4.78, 5) is 11.6. The van der Waals surface area contributed by atoms with Gasteiger partial charge >= 0.3 is 0 Å². The van der Waals surface area contributed by atoms with Crippen LogP contribution in [-0.2, 0) is 11.3 Å². The molecule has 0 aliphatic carbocycles. The first kappa shape index (κ1) is 12.6. The maximum atomic E-state index is 11.6. The van der Waals surface area contributed by atoms with Gasteiger partial charge in [0.25, 0.3) is 0 Å². The molecule has 0 bridgehead atoms. The Hall–Kier alpha value is -1.46. The number of hydrogen-bond donors (Lipinski definition) is 2. The number of tetrazole rings is 1.